The van der Waals surface area contributed by atoms with Gasteiger partial charge in [-0.1, -0.05) is 13.3 Å². The van der Waals surface area contributed by atoms with Gasteiger partial charge in [0.05, 0.1) is 0 Å². The van der Waals surface area contributed by atoms with Crippen LogP contribution in [0.5, 0.6) is 0 Å². The molecular weight excluding hydrogens is 326 g/mol. The van der Waals surface area contributed by atoms with Crippen LogP contribution in [0.1, 0.15) is 64.7 Å². The van der Waals surface area contributed by atoms with Crippen molar-refractivity contribution in [2.45, 2.75) is 82.8 Å². The summed E-state index contributed by atoms with van der Waals surface area (Å²) in [6.45, 7) is 3.47. The minimum atomic E-state index is -0.642. The van der Waals surface area contributed by atoms with E-state index < -0.39 is 5.97 Å². The summed E-state index contributed by atoms with van der Waals surface area (Å²) in [6, 6.07) is 5.79. The fraction of sp³-hybridized carbons (Fsp3) is 0.714. The molecule has 2 heterocycles. The summed E-state index contributed by atoms with van der Waals surface area (Å²) in [6.07, 6.45) is 13.3. The van der Waals surface area contributed by atoms with E-state index in [1.165, 1.54) is 32.2 Å². The van der Waals surface area contributed by atoms with Gasteiger partial charge in [-0.05, 0) is 69.5 Å². The van der Waals surface area contributed by atoms with E-state index >= 15 is 0 Å². The van der Waals surface area contributed by atoms with Gasteiger partial charge < -0.3 is 10.4 Å². The summed E-state index contributed by atoms with van der Waals surface area (Å²) in [4.78, 5) is 17.9. The number of carboxylic acid groups (broad SMARTS) is 1. The first-order valence-electron chi connectivity index (χ1n) is 10.3. The normalized spacial score (nSPS) is 30.0. The van der Waals surface area contributed by atoms with E-state index in [-0.39, 0.29) is 0 Å². The van der Waals surface area contributed by atoms with Crippen LogP contribution in [-0.4, -0.2) is 45.6 Å². The molecule has 0 radical (unpaired) electrons. The van der Waals surface area contributed by atoms with Gasteiger partial charge in [0.25, 0.3) is 0 Å². The second kappa shape index (κ2) is 9.36. The zero-order valence-electron chi connectivity index (χ0n) is 15.9. The maximum atomic E-state index is 11.0. The Balaban J connectivity index is 1.63. The summed E-state index contributed by atoms with van der Waals surface area (Å²) in [5.41, 5.74) is 1.16. The molecule has 0 bridgehead atoms. The number of anilines is 1. The smallest absolute Gasteiger partial charge is 0.303 e. The molecule has 5 heteroatoms. The van der Waals surface area contributed by atoms with Crippen LogP contribution >= 0.6 is 0 Å². The number of piperidine rings is 1. The molecule has 2 unspecified atom stereocenters. The third kappa shape index (κ3) is 4.97. The molecule has 2 fully saturated rings. The monoisotopic (exact) mass is 359 g/mol. The lowest BCUT2D eigenvalue weighted by Crippen LogP contribution is -2.55. The van der Waals surface area contributed by atoms with Gasteiger partial charge in [0, 0.05) is 42.6 Å². The largest absolute Gasteiger partial charge is 0.481 e. The molecule has 0 spiro atoms. The standard InChI is InChI=1S/C21H33N3O2/c1-2-4-20-19(23-17-10-12-22-13-11-17)5-3-14-24(20)18-8-6-16(7-9-18)15-21(25)26/h10-13,16,18-20H,2-9,14-15H2,1H3,(H,22,23)(H,25,26). The van der Waals surface area contributed by atoms with Gasteiger partial charge in [-0.15, -0.1) is 0 Å². The summed E-state index contributed by atoms with van der Waals surface area (Å²) in [7, 11) is 0. The van der Waals surface area contributed by atoms with Crippen LogP contribution in [0.4, 0.5) is 5.69 Å². The first-order valence-corrected chi connectivity index (χ1v) is 10.3. The fourth-order valence-electron chi connectivity index (χ4n) is 4.96. The maximum Gasteiger partial charge on any atom is 0.303 e. The zero-order chi connectivity index (χ0) is 18.4. The highest BCUT2D eigenvalue weighted by molar-refractivity contribution is 5.67. The van der Waals surface area contributed by atoms with Crippen LogP contribution in [0.25, 0.3) is 0 Å². The molecule has 1 aromatic rings. The van der Waals surface area contributed by atoms with Gasteiger partial charge >= 0.3 is 5.97 Å². The summed E-state index contributed by atoms with van der Waals surface area (Å²) >= 11 is 0. The highest BCUT2D eigenvalue weighted by Gasteiger charge is 2.36. The topological polar surface area (TPSA) is 65.5 Å². The molecule has 0 aromatic carbocycles. The lowest BCUT2D eigenvalue weighted by Gasteiger charge is -2.47. The number of aliphatic carboxylic acids is 1. The third-order valence-electron chi connectivity index (χ3n) is 6.19. The Morgan fingerprint density at radius 3 is 2.62 bits per heavy atom. The Hall–Kier alpha value is -1.62. The summed E-state index contributed by atoms with van der Waals surface area (Å²) in [5, 5.41) is 12.8. The number of aromatic nitrogens is 1. The average Bonchev–Trinajstić information content (AvgIpc) is 2.64. The molecular formula is C21H33N3O2. The molecule has 3 rings (SSSR count). The minimum absolute atomic E-state index is 0.345. The number of hydrogen-bond donors (Lipinski definition) is 2. The molecule has 5 nitrogen and oxygen atoms in total. The second-order valence-electron chi connectivity index (χ2n) is 8.00. The molecule has 0 amide bonds. The van der Waals surface area contributed by atoms with E-state index in [1.807, 2.05) is 12.4 Å². The fourth-order valence-corrected chi connectivity index (χ4v) is 4.96. The second-order valence-corrected chi connectivity index (χ2v) is 8.00. The first kappa shape index (κ1) is 19.2. The SMILES string of the molecule is CCCC1C(Nc2ccncc2)CCCN1C1CCC(CC(=O)O)CC1. The van der Waals surface area contributed by atoms with Crippen molar-refractivity contribution in [2.24, 2.45) is 5.92 Å². The molecule has 1 saturated heterocycles. The van der Waals surface area contributed by atoms with Gasteiger partial charge in [-0.2, -0.15) is 0 Å². The molecule has 2 N–H and O–H groups in total. The number of likely N-dealkylation sites (tertiary alicyclic amines) is 1. The number of nitrogens with one attached hydrogen (secondary N) is 1. The van der Waals surface area contributed by atoms with Crippen molar-refractivity contribution < 1.29 is 9.90 Å². The lowest BCUT2D eigenvalue weighted by molar-refractivity contribution is -0.138. The van der Waals surface area contributed by atoms with Crippen LogP contribution in [0, 0.1) is 5.92 Å². The van der Waals surface area contributed by atoms with E-state index in [9.17, 15) is 4.79 Å². The van der Waals surface area contributed by atoms with Crippen molar-refractivity contribution >= 4 is 11.7 Å². The highest BCUT2D eigenvalue weighted by atomic mass is 16.4. The van der Waals surface area contributed by atoms with Gasteiger partial charge in [0.15, 0.2) is 0 Å². The summed E-state index contributed by atoms with van der Waals surface area (Å²) < 4.78 is 0. The van der Waals surface area contributed by atoms with Crippen molar-refractivity contribution in [1.29, 1.82) is 0 Å². The Labute approximate surface area is 157 Å². The molecule has 1 saturated carbocycles. The lowest BCUT2D eigenvalue weighted by atomic mass is 9.81. The van der Waals surface area contributed by atoms with E-state index in [1.54, 1.807) is 0 Å². The Bertz CT molecular complexity index is 558. The number of carboxylic acids is 1. The number of nitrogens with zero attached hydrogens (tertiary/aromatic N) is 2. The predicted octanol–water partition coefficient (Wildman–Crippen LogP) is 4.16. The average molecular weight is 360 g/mol. The van der Waals surface area contributed by atoms with Gasteiger partial charge in [-0.3, -0.25) is 14.7 Å². The highest BCUT2D eigenvalue weighted by Crippen LogP contribution is 2.34. The molecule has 26 heavy (non-hydrogen) atoms. The molecule has 1 aromatic heterocycles. The minimum Gasteiger partial charge on any atom is -0.481 e. The Morgan fingerprint density at radius 2 is 1.96 bits per heavy atom. The van der Waals surface area contributed by atoms with Gasteiger partial charge in [0.2, 0.25) is 0 Å². The van der Waals surface area contributed by atoms with Crippen LogP contribution in [-0.2, 0) is 4.79 Å². The molecule has 2 atom stereocenters. The van der Waals surface area contributed by atoms with Crippen molar-refractivity contribution in [1.82, 2.24) is 9.88 Å². The van der Waals surface area contributed by atoms with E-state index in [0.29, 0.717) is 30.5 Å². The van der Waals surface area contributed by atoms with Crippen LogP contribution in [0.2, 0.25) is 0 Å². The number of carbonyl (C=O) groups is 1. The quantitative estimate of drug-likeness (QED) is 0.765. The van der Waals surface area contributed by atoms with Crippen LogP contribution in [0.3, 0.4) is 0 Å². The van der Waals surface area contributed by atoms with Crippen molar-refractivity contribution in [3.05, 3.63) is 24.5 Å². The molecule has 2 aliphatic rings. The molecule has 144 valence electrons. The third-order valence-corrected chi connectivity index (χ3v) is 6.19. The van der Waals surface area contributed by atoms with Crippen LogP contribution in [0.15, 0.2) is 24.5 Å². The summed E-state index contributed by atoms with van der Waals surface area (Å²) in [5.74, 6) is -0.263. The van der Waals surface area contributed by atoms with Crippen molar-refractivity contribution in [2.75, 3.05) is 11.9 Å². The Kier molecular flexibility index (Phi) is 6.89. The molecule has 1 aliphatic carbocycles. The number of hydrogen-bond acceptors (Lipinski definition) is 4. The van der Waals surface area contributed by atoms with E-state index in [4.69, 9.17) is 5.11 Å². The van der Waals surface area contributed by atoms with Crippen molar-refractivity contribution in [3.8, 4) is 0 Å². The van der Waals surface area contributed by atoms with Gasteiger partial charge in [0.1, 0.15) is 0 Å². The number of pyridine rings is 1. The molecule has 1 aliphatic heterocycles. The number of rotatable bonds is 7. The Morgan fingerprint density at radius 1 is 1.23 bits per heavy atom. The van der Waals surface area contributed by atoms with Crippen molar-refractivity contribution in [3.63, 3.8) is 0 Å². The first-order chi connectivity index (χ1) is 12.7. The van der Waals surface area contributed by atoms with Gasteiger partial charge in [-0.25, -0.2) is 0 Å². The zero-order valence-corrected chi connectivity index (χ0v) is 15.9. The predicted molar refractivity (Wildman–Crippen MR) is 104 cm³/mol. The van der Waals surface area contributed by atoms with Crippen LogP contribution < -0.4 is 5.32 Å². The van der Waals surface area contributed by atoms with E-state index in [0.717, 1.165) is 31.4 Å². The maximum absolute atomic E-state index is 11.0. The van der Waals surface area contributed by atoms with E-state index in [2.05, 4.69) is 34.3 Å².